The summed E-state index contributed by atoms with van der Waals surface area (Å²) in [5.41, 5.74) is 3.75. The van der Waals surface area contributed by atoms with Gasteiger partial charge in [0, 0.05) is 17.3 Å². The fourth-order valence-electron chi connectivity index (χ4n) is 1.81. The number of benzene rings is 2. The third-order valence-electron chi connectivity index (χ3n) is 2.96. The van der Waals surface area contributed by atoms with Crippen LogP contribution in [0.25, 0.3) is 0 Å². The summed E-state index contributed by atoms with van der Waals surface area (Å²) in [5.74, 6) is 0.558. The van der Waals surface area contributed by atoms with Gasteiger partial charge in [0.1, 0.15) is 0 Å². The second-order valence-electron chi connectivity index (χ2n) is 4.76. The largest absolute Gasteiger partial charge is 0.381 e. The molecule has 0 aliphatic rings. The van der Waals surface area contributed by atoms with Crippen molar-refractivity contribution in [2.45, 2.75) is 26.3 Å². The average Bonchev–Trinajstić information content (AvgIpc) is 2.38. The van der Waals surface area contributed by atoms with Crippen molar-refractivity contribution < 1.29 is 0 Å². The molecule has 0 spiro atoms. The van der Waals surface area contributed by atoms with E-state index in [1.807, 2.05) is 24.3 Å². The molecule has 0 fully saturated rings. The van der Waals surface area contributed by atoms with Crippen LogP contribution in [0.15, 0.2) is 48.5 Å². The summed E-state index contributed by atoms with van der Waals surface area (Å²) < 4.78 is 0. The monoisotopic (exact) mass is 259 g/mol. The SMILES string of the molecule is CC(C)c1cccc(NCc2ccc(Cl)cc2)c1. The smallest absolute Gasteiger partial charge is 0.0406 e. The van der Waals surface area contributed by atoms with E-state index >= 15 is 0 Å². The lowest BCUT2D eigenvalue weighted by Gasteiger charge is -2.10. The Balaban J connectivity index is 2.01. The van der Waals surface area contributed by atoms with Gasteiger partial charge in [-0.1, -0.05) is 49.7 Å². The predicted octanol–water partition coefficient (Wildman–Crippen LogP) is 5.08. The Bertz CT molecular complexity index is 503. The molecule has 0 unspecified atom stereocenters. The first kappa shape index (κ1) is 13.0. The summed E-state index contributed by atoms with van der Waals surface area (Å²) in [6, 6.07) is 16.5. The molecule has 0 aliphatic carbocycles. The molecule has 0 amide bonds. The van der Waals surface area contributed by atoms with Crippen LogP contribution in [-0.4, -0.2) is 0 Å². The number of anilines is 1. The van der Waals surface area contributed by atoms with Crippen molar-refractivity contribution in [1.29, 1.82) is 0 Å². The lowest BCUT2D eigenvalue weighted by atomic mass is 10.0. The van der Waals surface area contributed by atoms with Crippen molar-refractivity contribution in [2.24, 2.45) is 0 Å². The zero-order chi connectivity index (χ0) is 13.0. The molecule has 2 heteroatoms. The van der Waals surface area contributed by atoms with Crippen LogP contribution in [-0.2, 0) is 6.54 Å². The minimum Gasteiger partial charge on any atom is -0.381 e. The topological polar surface area (TPSA) is 12.0 Å². The molecular weight excluding hydrogens is 242 g/mol. The first-order valence-corrected chi connectivity index (χ1v) is 6.61. The lowest BCUT2D eigenvalue weighted by Crippen LogP contribution is -2.00. The van der Waals surface area contributed by atoms with E-state index in [4.69, 9.17) is 11.6 Å². The van der Waals surface area contributed by atoms with Gasteiger partial charge in [-0.15, -0.1) is 0 Å². The average molecular weight is 260 g/mol. The van der Waals surface area contributed by atoms with Crippen molar-refractivity contribution in [3.8, 4) is 0 Å². The van der Waals surface area contributed by atoms with Gasteiger partial charge in [-0.3, -0.25) is 0 Å². The predicted molar refractivity (Wildman–Crippen MR) is 79.3 cm³/mol. The third kappa shape index (κ3) is 3.51. The van der Waals surface area contributed by atoms with Crippen molar-refractivity contribution in [3.05, 3.63) is 64.7 Å². The van der Waals surface area contributed by atoms with Crippen molar-refractivity contribution in [3.63, 3.8) is 0 Å². The molecule has 0 saturated carbocycles. The Morgan fingerprint density at radius 1 is 1.06 bits per heavy atom. The van der Waals surface area contributed by atoms with E-state index in [9.17, 15) is 0 Å². The summed E-state index contributed by atoms with van der Waals surface area (Å²) in [6.45, 7) is 5.23. The summed E-state index contributed by atoms with van der Waals surface area (Å²) in [4.78, 5) is 0. The lowest BCUT2D eigenvalue weighted by molar-refractivity contribution is 0.866. The van der Waals surface area contributed by atoms with Gasteiger partial charge in [0.25, 0.3) is 0 Å². The number of halogens is 1. The van der Waals surface area contributed by atoms with Crippen LogP contribution < -0.4 is 5.32 Å². The van der Waals surface area contributed by atoms with Crippen LogP contribution in [0.3, 0.4) is 0 Å². The molecule has 1 nitrogen and oxygen atoms in total. The van der Waals surface area contributed by atoms with Crippen molar-refractivity contribution >= 4 is 17.3 Å². The van der Waals surface area contributed by atoms with E-state index in [0.29, 0.717) is 5.92 Å². The minimum absolute atomic E-state index is 0.558. The van der Waals surface area contributed by atoms with E-state index in [0.717, 1.165) is 17.3 Å². The van der Waals surface area contributed by atoms with Crippen molar-refractivity contribution in [1.82, 2.24) is 0 Å². The maximum absolute atomic E-state index is 5.86. The minimum atomic E-state index is 0.558. The van der Waals surface area contributed by atoms with Crippen LogP contribution in [0.1, 0.15) is 30.9 Å². The molecule has 0 aliphatic heterocycles. The number of nitrogens with one attached hydrogen (secondary N) is 1. The Morgan fingerprint density at radius 2 is 1.78 bits per heavy atom. The highest BCUT2D eigenvalue weighted by molar-refractivity contribution is 6.30. The molecule has 2 rings (SSSR count). The fraction of sp³-hybridized carbons (Fsp3) is 0.250. The van der Waals surface area contributed by atoms with Crippen molar-refractivity contribution in [2.75, 3.05) is 5.32 Å². The van der Waals surface area contributed by atoms with E-state index in [-0.39, 0.29) is 0 Å². The van der Waals surface area contributed by atoms with Crippen LogP contribution in [0, 0.1) is 0 Å². The third-order valence-corrected chi connectivity index (χ3v) is 3.22. The second kappa shape index (κ2) is 5.92. The maximum atomic E-state index is 5.86. The Hall–Kier alpha value is -1.47. The van der Waals surface area contributed by atoms with Crippen LogP contribution in [0.2, 0.25) is 5.02 Å². The number of hydrogen-bond acceptors (Lipinski definition) is 1. The first-order chi connectivity index (χ1) is 8.65. The summed E-state index contributed by atoms with van der Waals surface area (Å²) in [7, 11) is 0. The van der Waals surface area contributed by atoms with Gasteiger partial charge in [-0.05, 0) is 41.3 Å². The van der Waals surface area contributed by atoms with Gasteiger partial charge >= 0.3 is 0 Å². The molecule has 0 bridgehead atoms. The Morgan fingerprint density at radius 3 is 2.44 bits per heavy atom. The zero-order valence-electron chi connectivity index (χ0n) is 10.8. The van der Waals surface area contributed by atoms with Gasteiger partial charge in [0.2, 0.25) is 0 Å². The van der Waals surface area contributed by atoms with Crippen LogP contribution in [0.4, 0.5) is 5.69 Å². The number of rotatable bonds is 4. The number of hydrogen-bond donors (Lipinski definition) is 1. The molecular formula is C16H18ClN. The van der Waals surface area contributed by atoms with E-state index in [1.165, 1.54) is 11.1 Å². The molecule has 0 heterocycles. The molecule has 0 atom stereocenters. The first-order valence-electron chi connectivity index (χ1n) is 6.23. The fourth-order valence-corrected chi connectivity index (χ4v) is 1.94. The zero-order valence-corrected chi connectivity index (χ0v) is 11.5. The van der Waals surface area contributed by atoms with E-state index in [2.05, 4.69) is 43.4 Å². The second-order valence-corrected chi connectivity index (χ2v) is 5.20. The molecule has 0 radical (unpaired) electrons. The normalized spacial score (nSPS) is 10.7. The highest BCUT2D eigenvalue weighted by atomic mass is 35.5. The summed E-state index contributed by atoms with van der Waals surface area (Å²) in [5, 5.41) is 4.21. The molecule has 0 aromatic heterocycles. The Labute approximate surface area is 114 Å². The molecule has 18 heavy (non-hydrogen) atoms. The van der Waals surface area contributed by atoms with Crippen LogP contribution >= 0.6 is 11.6 Å². The highest BCUT2D eigenvalue weighted by Crippen LogP contribution is 2.19. The quantitative estimate of drug-likeness (QED) is 0.808. The maximum Gasteiger partial charge on any atom is 0.0406 e. The highest BCUT2D eigenvalue weighted by Gasteiger charge is 2.00. The molecule has 2 aromatic rings. The summed E-state index contributed by atoms with van der Waals surface area (Å²) >= 11 is 5.86. The molecule has 2 aromatic carbocycles. The standard InChI is InChI=1S/C16H18ClN/c1-12(2)14-4-3-5-16(10-14)18-11-13-6-8-15(17)9-7-13/h3-10,12,18H,11H2,1-2H3. The van der Waals surface area contributed by atoms with E-state index in [1.54, 1.807) is 0 Å². The van der Waals surface area contributed by atoms with Gasteiger partial charge in [-0.2, -0.15) is 0 Å². The molecule has 94 valence electrons. The van der Waals surface area contributed by atoms with Crippen LogP contribution in [0.5, 0.6) is 0 Å². The summed E-state index contributed by atoms with van der Waals surface area (Å²) in [6.07, 6.45) is 0. The Kier molecular flexibility index (Phi) is 4.27. The van der Waals surface area contributed by atoms with Gasteiger partial charge in [0.15, 0.2) is 0 Å². The van der Waals surface area contributed by atoms with Gasteiger partial charge < -0.3 is 5.32 Å². The molecule has 0 saturated heterocycles. The van der Waals surface area contributed by atoms with Gasteiger partial charge in [-0.25, -0.2) is 0 Å². The molecule has 1 N–H and O–H groups in total. The van der Waals surface area contributed by atoms with E-state index < -0.39 is 0 Å². The van der Waals surface area contributed by atoms with Gasteiger partial charge in [0.05, 0.1) is 0 Å².